The molecule has 1 saturated heterocycles. The van der Waals surface area contributed by atoms with Crippen LogP contribution in [0, 0.1) is 17.2 Å². The van der Waals surface area contributed by atoms with Crippen LogP contribution in [0.25, 0.3) is 0 Å². The lowest BCUT2D eigenvalue weighted by molar-refractivity contribution is -0.122. The third-order valence-electron chi connectivity index (χ3n) is 4.35. The number of nitrogens with zero attached hydrogens (tertiary/aromatic N) is 2. The molecule has 0 aromatic carbocycles. The van der Waals surface area contributed by atoms with Crippen LogP contribution in [-0.4, -0.2) is 47.7 Å². The third-order valence-corrected chi connectivity index (χ3v) is 4.35. The van der Waals surface area contributed by atoms with Crippen LogP contribution < -0.4 is 5.32 Å². The van der Waals surface area contributed by atoms with Crippen LogP contribution in [0.1, 0.15) is 38.5 Å². The molecule has 2 rings (SSSR count). The quantitative estimate of drug-likeness (QED) is 0.715. The van der Waals surface area contributed by atoms with E-state index in [0.717, 1.165) is 38.6 Å². The van der Waals surface area contributed by atoms with Crippen molar-refractivity contribution in [3.63, 3.8) is 0 Å². The lowest BCUT2D eigenvalue weighted by Gasteiger charge is -2.30. The molecule has 1 saturated carbocycles. The van der Waals surface area contributed by atoms with Crippen molar-refractivity contribution in [2.75, 3.05) is 19.6 Å². The molecule has 19 heavy (non-hydrogen) atoms. The average molecular weight is 265 g/mol. The molecule has 2 N–H and O–H groups in total. The second kappa shape index (κ2) is 6.88. The van der Waals surface area contributed by atoms with Gasteiger partial charge in [0, 0.05) is 18.5 Å². The van der Waals surface area contributed by atoms with Crippen LogP contribution >= 0.6 is 0 Å². The summed E-state index contributed by atoms with van der Waals surface area (Å²) in [7, 11) is 0. The van der Waals surface area contributed by atoms with E-state index in [9.17, 15) is 9.90 Å². The van der Waals surface area contributed by atoms with Crippen molar-refractivity contribution in [3.8, 4) is 6.07 Å². The number of carbonyl (C=O) groups is 1. The maximum atomic E-state index is 11.8. The molecule has 5 heteroatoms. The highest BCUT2D eigenvalue weighted by Crippen LogP contribution is 2.35. The third kappa shape index (κ3) is 3.68. The molecular formula is C14H23N3O2. The molecule has 0 aromatic rings. The zero-order valence-electron chi connectivity index (χ0n) is 11.3. The second-order valence-electron chi connectivity index (χ2n) is 5.60. The van der Waals surface area contributed by atoms with Gasteiger partial charge in [-0.3, -0.25) is 9.69 Å². The molecule has 1 aliphatic heterocycles. The van der Waals surface area contributed by atoms with E-state index in [-0.39, 0.29) is 12.0 Å². The molecule has 1 amide bonds. The first-order valence-corrected chi connectivity index (χ1v) is 7.28. The van der Waals surface area contributed by atoms with E-state index < -0.39 is 0 Å². The van der Waals surface area contributed by atoms with E-state index in [1.54, 1.807) is 0 Å². The molecule has 0 radical (unpaired) electrons. The fourth-order valence-electron chi connectivity index (χ4n) is 3.45. The first-order valence-electron chi connectivity index (χ1n) is 7.28. The molecule has 3 unspecified atom stereocenters. The maximum Gasteiger partial charge on any atom is 0.234 e. The van der Waals surface area contributed by atoms with Crippen molar-refractivity contribution in [2.24, 2.45) is 5.92 Å². The number of amides is 1. The van der Waals surface area contributed by atoms with Gasteiger partial charge in [0.2, 0.25) is 5.91 Å². The van der Waals surface area contributed by atoms with E-state index in [1.807, 2.05) is 6.07 Å². The highest BCUT2D eigenvalue weighted by atomic mass is 16.3. The summed E-state index contributed by atoms with van der Waals surface area (Å²) in [5, 5.41) is 21.2. The standard InChI is InChI=1S/C14H23N3O2/c15-7-3-8-16-14(19)10-17-9-2-5-12(17)11-4-1-6-13(11)18/h11-13,18H,1-6,8-10H2,(H,16,19). The number of likely N-dealkylation sites (tertiary alicyclic amines) is 1. The number of carbonyl (C=O) groups excluding carboxylic acids is 1. The number of aliphatic hydroxyl groups is 1. The van der Waals surface area contributed by atoms with Crippen LogP contribution in [0.3, 0.4) is 0 Å². The van der Waals surface area contributed by atoms with Gasteiger partial charge in [-0.1, -0.05) is 6.42 Å². The van der Waals surface area contributed by atoms with Gasteiger partial charge in [0.15, 0.2) is 0 Å². The Hall–Kier alpha value is -1.12. The van der Waals surface area contributed by atoms with Crippen LogP contribution in [0.5, 0.6) is 0 Å². The van der Waals surface area contributed by atoms with E-state index in [4.69, 9.17) is 5.26 Å². The Bertz CT molecular complexity index is 353. The molecule has 1 aliphatic carbocycles. The molecule has 2 aliphatic rings. The first-order chi connectivity index (χ1) is 9.22. The Labute approximate surface area is 114 Å². The van der Waals surface area contributed by atoms with Crippen molar-refractivity contribution in [2.45, 2.75) is 50.7 Å². The summed E-state index contributed by atoms with van der Waals surface area (Å²) in [6.45, 7) is 1.78. The summed E-state index contributed by atoms with van der Waals surface area (Å²) in [4.78, 5) is 14.0. The Morgan fingerprint density at radius 1 is 1.37 bits per heavy atom. The highest BCUT2D eigenvalue weighted by molar-refractivity contribution is 5.78. The zero-order chi connectivity index (χ0) is 13.7. The smallest absolute Gasteiger partial charge is 0.234 e. The van der Waals surface area contributed by atoms with Crippen LogP contribution in [0.2, 0.25) is 0 Å². The Morgan fingerprint density at radius 3 is 2.89 bits per heavy atom. The number of nitriles is 1. The predicted octanol–water partition coefficient (Wildman–Crippen LogP) is 0.642. The molecule has 0 bridgehead atoms. The molecule has 0 spiro atoms. The van der Waals surface area contributed by atoms with Gasteiger partial charge < -0.3 is 10.4 Å². The average Bonchev–Trinajstić information content (AvgIpc) is 2.98. The van der Waals surface area contributed by atoms with Crippen molar-refractivity contribution < 1.29 is 9.90 Å². The van der Waals surface area contributed by atoms with E-state index >= 15 is 0 Å². The SMILES string of the molecule is N#CCCNC(=O)CN1CCCC1C1CCCC1O. The Morgan fingerprint density at radius 2 is 2.21 bits per heavy atom. The van der Waals surface area contributed by atoms with E-state index in [0.29, 0.717) is 31.5 Å². The Kier molecular flexibility index (Phi) is 5.17. The van der Waals surface area contributed by atoms with E-state index in [1.165, 1.54) is 0 Å². The molecule has 1 heterocycles. The molecule has 2 fully saturated rings. The number of hydrogen-bond donors (Lipinski definition) is 2. The predicted molar refractivity (Wildman–Crippen MR) is 71.2 cm³/mol. The summed E-state index contributed by atoms with van der Waals surface area (Å²) in [5.74, 6) is 0.337. The van der Waals surface area contributed by atoms with Crippen molar-refractivity contribution >= 4 is 5.91 Å². The highest BCUT2D eigenvalue weighted by Gasteiger charge is 2.38. The maximum absolute atomic E-state index is 11.8. The molecule has 5 nitrogen and oxygen atoms in total. The number of hydrogen-bond acceptors (Lipinski definition) is 4. The first kappa shape index (κ1) is 14.3. The van der Waals surface area contributed by atoms with Crippen LogP contribution in [-0.2, 0) is 4.79 Å². The van der Waals surface area contributed by atoms with E-state index in [2.05, 4.69) is 10.2 Å². The molecule has 0 aromatic heterocycles. The fraction of sp³-hybridized carbons (Fsp3) is 0.857. The summed E-state index contributed by atoms with van der Waals surface area (Å²) < 4.78 is 0. The largest absolute Gasteiger partial charge is 0.393 e. The van der Waals surface area contributed by atoms with Gasteiger partial charge in [-0.2, -0.15) is 5.26 Å². The fourth-order valence-corrected chi connectivity index (χ4v) is 3.45. The number of rotatable bonds is 5. The van der Waals surface area contributed by atoms with Crippen molar-refractivity contribution in [1.29, 1.82) is 5.26 Å². The summed E-state index contributed by atoms with van der Waals surface area (Å²) >= 11 is 0. The molecular weight excluding hydrogens is 242 g/mol. The minimum atomic E-state index is -0.188. The summed E-state index contributed by atoms with van der Waals surface area (Å²) in [6.07, 6.45) is 5.46. The monoisotopic (exact) mass is 265 g/mol. The van der Waals surface area contributed by atoms with Gasteiger partial charge in [0.05, 0.1) is 25.1 Å². The number of nitrogens with one attached hydrogen (secondary N) is 1. The van der Waals surface area contributed by atoms with Crippen LogP contribution in [0.15, 0.2) is 0 Å². The second-order valence-corrected chi connectivity index (χ2v) is 5.60. The van der Waals surface area contributed by atoms with Gasteiger partial charge in [-0.05, 0) is 32.2 Å². The summed E-state index contributed by atoms with van der Waals surface area (Å²) in [6, 6.07) is 2.38. The van der Waals surface area contributed by atoms with Crippen molar-refractivity contribution in [3.05, 3.63) is 0 Å². The molecule has 3 atom stereocenters. The van der Waals surface area contributed by atoms with Gasteiger partial charge in [0.1, 0.15) is 0 Å². The number of aliphatic hydroxyl groups excluding tert-OH is 1. The van der Waals surface area contributed by atoms with Gasteiger partial charge in [-0.25, -0.2) is 0 Å². The lowest BCUT2D eigenvalue weighted by Crippen LogP contribution is -2.44. The van der Waals surface area contributed by atoms with Gasteiger partial charge in [0.25, 0.3) is 0 Å². The zero-order valence-corrected chi connectivity index (χ0v) is 11.3. The van der Waals surface area contributed by atoms with Gasteiger partial charge >= 0.3 is 0 Å². The van der Waals surface area contributed by atoms with Crippen LogP contribution in [0.4, 0.5) is 0 Å². The molecule has 106 valence electrons. The minimum Gasteiger partial charge on any atom is -0.393 e. The summed E-state index contributed by atoms with van der Waals surface area (Å²) in [5.41, 5.74) is 0. The topological polar surface area (TPSA) is 76.4 Å². The van der Waals surface area contributed by atoms with Crippen molar-refractivity contribution in [1.82, 2.24) is 10.2 Å². The normalized spacial score (nSPS) is 31.3. The Balaban J connectivity index is 1.82. The lowest BCUT2D eigenvalue weighted by atomic mass is 9.94. The minimum absolute atomic E-state index is 0.00497. The van der Waals surface area contributed by atoms with Gasteiger partial charge in [-0.15, -0.1) is 0 Å².